The lowest BCUT2D eigenvalue weighted by Crippen LogP contribution is -2.47. The van der Waals surface area contributed by atoms with Crippen LogP contribution in [0.2, 0.25) is 0 Å². The van der Waals surface area contributed by atoms with E-state index in [9.17, 15) is 4.79 Å². The summed E-state index contributed by atoms with van der Waals surface area (Å²) in [6.45, 7) is 9.05. The predicted molar refractivity (Wildman–Crippen MR) is 88.0 cm³/mol. The molecule has 0 aromatic carbocycles. The first-order valence-electron chi connectivity index (χ1n) is 9.11. The first-order chi connectivity index (χ1) is 10.0. The molecule has 0 radical (unpaired) electrons. The predicted octanol–water partition coefficient (Wildman–Crippen LogP) is 3.93. The molecule has 122 valence electrons. The van der Waals surface area contributed by atoms with Gasteiger partial charge in [0.2, 0.25) is 5.91 Å². The Bertz CT molecular complexity index is 342. The van der Waals surface area contributed by atoms with Crippen molar-refractivity contribution in [2.75, 3.05) is 0 Å². The fourth-order valence-corrected chi connectivity index (χ4v) is 4.05. The smallest absolute Gasteiger partial charge is 0.241 e. The summed E-state index contributed by atoms with van der Waals surface area (Å²) in [6.07, 6.45) is 9.68. The van der Waals surface area contributed by atoms with Crippen LogP contribution < -0.4 is 5.32 Å². The first kappa shape index (κ1) is 16.8. The Labute approximate surface area is 130 Å². The summed E-state index contributed by atoms with van der Waals surface area (Å²) in [5.41, 5.74) is 0. The van der Waals surface area contributed by atoms with E-state index in [2.05, 4.69) is 37.9 Å². The van der Waals surface area contributed by atoms with Crippen LogP contribution in [0.15, 0.2) is 0 Å². The molecule has 3 heteroatoms. The molecule has 4 unspecified atom stereocenters. The molecule has 21 heavy (non-hydrogen) atoms. The van der Waals surface area contributed by atoms with Crippen LogP contribution in [0.4, 0.5) is 0 Å². The van der Waals surface area contributed by atoms with Gasteiger partial charge in [-0.05, 0) is 37.5 Å². The highest BCUT2D eigenvalue weighted by molar-refractivity contribution is 5.84. The lowest BCUT2D eigenvalue weighted by atomic mass is 9.85. The third kappa shape index (κ3) is 4.21. The van der Waals surface area contributed by atoms with E-state index in [-0.39, 0.29) is 12.2 Å². The minimum absolute atomic E-state index is 0.0749. The third-order valence-corrected chi connectivity index (χ3v) is 5.13. The van der Waals surface area contributed by atoms with Crippen molar-refractivity contribution < 1.29 is 4.79 Å². The summed E-state index contributed by atoms with van der Waals surface area (Å²) in [5.74, 6) is 1.78. The molecule has 1 aliphatic carbocycles. The molecule has 1 heterocycles. The number of hydrogen-bond acceptors (Lipinski definition) is 2. The number of carbonyl (C=O) groups is 1. The Balaban J connectivity index is 2.07. The van der Waals surface area contributed by atoms with E-state index in [4.69, 9.17) is 0 Å². The van der Waals surface area contributed by atoms with E-state index in [1.54, 1.807) is 0 Å². The quantitative estimate of drug-likeness (QED) is 0.805. The second-order valence-corrected chi connectivity index (χ2v) is 7.68. The molecule has 1 N–H and O–H groups in total. The number of carbonyl (C=O) groups excluding carboxylic acids is 1. The number of unbranched alkanes of at least 4 members (excludes halogenated alkanes) is 1. The summed E-state index contributed by atoms with van der Waals surface area (Å²) in [7, 11) is 0. The highest BCUT2D eigenvalue weighted by Crippen LogP contribution is 2.32. The van der Waals surface area contributed by atoms with Crippen LogP contribution in [-0.2, 0) is 4.79 Å². The maximum atomic E-state index is 12.9. The number of nitrogens with zero attached hydrogens (tertiary/aromatic N) is 1. The van der Waals surface area contributed by atoms with Gasteiger partial charge in [-0.2, -0.15) is 0 Å². The molecule has 1 amide bonds. The summed E-state index contributed by atoms with van der Waals surface area (Å²) in [6, 6.07) is 0.551. The molecular weight excluding hydrogens is 260 g/mol. The molecule has 2 aliphatic rings. The molecule has 3 nitrogen and oxygen atoms in total. The number of nitrogens with one attached hydrogen (secondary N) is 1. The van der Waals surface area contributed by atoms with Gasteiger partial charge in [-0.25, -0.2) is 0 Å². The Kier molecular flexibility index (Phi) is 6.09. The lowest BCUT2D eigenvalue weighted by molar-refractivity contribution is -0.133. The van der Waals surface area contributed by atoms with Gasteiger partial charge in [0, 0.05) is 6.04 Å². The second-order valence-electron chi connectivity index (χ2n) is 7.68. The topological polar surface area (TPSA) is 32.3 Å². The van der Waals surface area contributed by atoms with Crippen LogP contribution in [0, 0.1) is 11.8 Å². The normalized spacial score (nSPS) is 34.0. The van der Waals surface area contributed by atoms with Gasteiger partial charge in [-0.1, -0.05) is 53.4 Å². The van der Waals surface area contributed by atoms with Gasteiger partial charge in [0.05, 0.1) is 12.2 Å². The van der Waals surface area contributed by atoms with Crippen molar-refractivity contribution in [1.82, 2.24) is 10.2 Å². The Morgan fingerprint density at radius 1 is 1.33 bits per heavy atom. The molecule has 1 aliphatic heterocycles. The van der Waals surface area contributed by atoms with Crippen LogP contribution >= 0.6 is 0 Å². The van der Waals surface area contributed by atoms with Crippen molar-refractivity contribution in [3.8, 4) is 0 Å². The van der Waals surface area contributed by atoms with Gasteiger partial charge in [0.15, 0.2) is 0 Å². The summed E-state index contributed by atoms with van der Waals surface area (Å²) in [5, 5.41) is 3.65. The third-order valence-electron chi connectivity index (χ3n) is 5.13. The van der Waals surface area contributed by atoms with Crippen molar-refractivity contribution >= 4 is 5.91 Å². The average Bonchev–Trinajstić information content (AvgIpc) is 2.71. The minimum atomic E-state index is 0.0749. The van der Waals surface area contributed by atoms with Gasteiger partial charge in [0.25, 0.3) is 0 Å². The van der Waals surface area contributed by atoms with Gasteiger partial charge in [-0.3, -0.25) is 10.1 Å². The van der Waals surface area contributed by atoms with Crippen molar-refractivity contribution in [1.29, 1.82) is 0 Å². The van der Waals surface area contributed by atoms with Crippen molar-refractivity contribution in [3.63, 3.8) is 0 Å². The van der Waals surface area contributed by atoms with Crippen molar-refractivity contribution in [2.45, 2.75) is 97.3 Å². The molecule has 0 aromatic heterocycles. The zero-order valence-corrected chi connectivity index (χ0v) is 14.4. The molecular formula is C18H34N2O. The van der Waals surface area contributed by atoms with Crippen molar-refractivity contribution in [3.05, 3.63) is 0 Å². The Hall–Kier alpha value is -0.570. The lowest BCUT2D eigenvalue weighted by Gasteiger charge is -2.38. The number of rotatable bonds is 6. The largest absolute Gasteiger partial charge is 0.323 e. The molecule has 2 fully saturated rings. The Morgan fingerprint density at radius 3 is 2.71 bits per heavy atom. The average molecular weight is 294 g/mol. The van der Waals surface area contributed by atoms with Crippen molar-refractivity contribution in [2.24, 2.45) is 11.8 Å². The van der Waals surface area contributed by atoms with E-state index in [1.165, 1.54) is 32.1 Å². The van der Waals surface area contributed by atoms with Gasteiger partial charge >= 0.3 is 0 Å². The van der Waals surface area contributed by atoms with Crippen LogP contribution in [-0.4, -0.2) is 29.1 Å². The zero-order chi connectivity index (χ0) is 15.4. The highest BCUT2D eigenvalue weighted by Gasteiger charge is 2.42. The van der Waals surface area contributed by atoms with E-state index < -0.39 is 0 Å². The molecule has 0 bridgehead atoms. The molecule has 0 spiro atoms. The van der Waals surface area contributed by atoms with Crippen LogP contribution in [0.3, 0.4) is 0 Å². The maximum Gasteiger partial charge on any atom is 0.241 e. The monoisotopic (exact) mass is 294 g/mol. The summed E-state index contributed by atoms with van der Waals surface area (Å²) in [4.78, 5) is 15.1. The number of hydrogen-bond donors (Lipinski definition) is 1. The van der Waals surface area contributed by atoms with E-state index in [0.717, 1.165) is 25.2 Å². The minimum Gasteiger partial charge on any atom is -0.323 e. The zero-order valence-electron chi connectivity index (χ0n) is 14.4. The highest BCUT2D eigenvalue weighted by atomic mass is 16.2. The molecule has 1 saturated heterocycles. The Morgan fingerprint density at radius 2 is 2.10 bits per heavy atom. The molecule has 2 rings (SSSR count). The SMILES string of the molecule is CCCCC1NC(CC(C)C)N(C2CCCC(C)C2)C1=O. The fraction of sp³-hybridized carbons (Fsp3) is 0.944. The maximum absolute atomic E-state index is 12.9. The standard InChI is InChI=1S/C18H34N2O/c1-5-6-10-16-18(21)20(17(19-16)11-13(2)3)15-9-7-8-14(4)12-15/h13-17,19H,5-12H2,1-4H3. The number of amides is 1. The summed E-state index contributed by atoms with van der Waals surface area (Å²) >= 11 is 0. The summed E-state index contributed by atoms with van der Waals surface area (Å²) < 4.78 is 0. The first-order valence-corrected chi connectivity index (χ1v) is 9.11. The van der Waals surface area contributed by atoms with E-state index in [1.807, 2.05) is 0 Å². The van der Waals surface area contributed by atoms with Crippen LogP contribution in [0.25, 0.3) is 0 Å². The van der Waals surface area contributed by atoms with Gasteiger partial charge in [-0.15, -0.1) is 0 Å². The fourth-order valence-electron chi connectivity index (χ4n) is 4.05. The molecule has 0 aromatic rings. The van der Waals surface area contributed by atoms with Crippen LogP contribution in [0.1, 0.15) is 79.1 Å². The van der Waals surface area contributed by atoms with E-state index >= 15 is 0 Å². The van der Waals surface area contributed by atoms with Gasteiger partial charge < -0.3 is 4.90 Å². The molecule has 4 atom stereocenters. The molecule has 1 saturated carbocycles. The van der Waals surface area contributed by atoms with Crippen LogP contribution in [0.5, 0.6) is 0 Å². The van der Waals surface area contributed by atoms with E-state index in [0.29, 0.717) is 17.9 Å². The second kappa shape index (κ2) is 7.62. The van der Waals surface area contributed by atoms with Gasteiger partial charge in [0.1, 0.15) is 0 Å².